The first kappa shape index (κ1) is 26.3. The first-order valence-electron chi connectivity index (χ1n) is 14.0. The molecule has 1 aliphatic heterocycles. The fourth-order valence-electron chi connectivity index (χ4n) is 6.03. The van der Waals surface area contributed by atoms with Crippen LogP contribution in [0.1, 0.15) is 37.4 Å². The lowest BCUT2D eigenvalue weighted by molar-refractivity contribution is 0.0925. The molecule has 2 heterocycles. The third-order valence-electron chi connectivity index (χ3n) is 7.88. The minimum absolute atomic E-state index is 0.121. The highest BCUT2D eigenvalue weighted by molar-refractivity contribution is 6.35. The van der Waals surface area contributed by atoms with Crippen molar-refractivity contribution in [3.63, 3.8) is 0 Å². The van der Waals surface area contributed by atoms with Gasteiger partial charge in [0.2, 0.25) is 0 Å². The molecule has 0 radical (unpaired) electrons. The number of carbonyl (C=O) groups excluding carboxylic acids is 2. The van der Waals surface area contributed by atoms with Crippen LogP contribution >= 0.6 is 0 Å². The topological polar surface area (TPSA) is 64.4 Å². The Bertz CT molecular complexity index is 1820. The summed E-state index contributed by atoms with van der Waals surface area (Å²) in [6.45, 7) is -0.772. The molecule has 5 aromatic carbocycles. The van der Waals surface area contributed by atoms with Crippen molar-refractivity contribution in [3.8, 4) is 5.75 Å². The zero-order chi connectivity index (χ0) is 29.4. The van der Waals surface area contributed by atoms with Gasteiger partial charge in [-0.25, -0.2) is 14.0 Å². The highest BCUT2D eigenvalue weighted by Crippen LogP contribution is 2.45. The Kier molecular flexibility index (Phi) is 6.55. The summed E-state index contributed by atoms with van der Waals surface area (Å²) < 4.78 is 20.6. The Hall–Kier alpha value is -5.56. The number of fused-ring (bicyclic) bond motifs is 2. The van der Waals surface area contributed by atoms with Crippen LogP contribution in [0, 0.1) is 0 Å². The fraction of sp³-hybridized carbons (Fsp3) is 0.0833. The molecule has 43 heavy (non-hydrogen) atoms. The number of rotatable bonds is 8. The van der Waals surface area contributed by atoms with Crippen LogP contribution in [0.2, 0.25) is 0 Å². The molecule has 0 atom stereocenters. The molecule has 0 saturated carbocycles. The van der Waals surface area contributed by atoms with E-state index in [2.05, 4.69) is 0 Å². The number of benzene rings is 5. The molecule has 0 aliphatic carbocycles. The molecule has 0 bridgehead atoms. The molecule has 210 valence electrons. The third kappa shape index (κ3) is 4.12. The Morgan fingerprint density at radius 1 is 0.651 bits per heavy atom. The van der Waals surface area contributed by atoms with E-state index in [0.717, 1.165) is 21.6 Å². The van der Waals surface area contributed by atoms with Gasteiger partial charge in [0.05, 0.1) is 16.6 Å². The van der Waals surface area contributed by atoms with E-state index in [-0.39, 0.29) is 12.4 Å². The van der Waals surface area contributed by atoms with Gasteiger partial charge in [-0.3, -0.25) is 9.59 Å². The number of hydrogen-bond acceptors (Lipinski definition) is 4. The van der Waals surface area contributed by atoms with Crippen molar-refractivity contribution in [2.24, 2.45) is 0 Å². The second-order valence-corrected chi connectivity index (χ2v) is 10.3. The number of hydrogen-bond donors (Lipinski definition) is 0. The van der Waals surface area contributed by atoms with Gasteiger partial charge in [0.25, 0.3) is 11.8 Å². The van der Waals surface area contributed by atoms with E-state index in [1.165, 1.54) is 0 Å². The number of ether oxygens (including phenoxy) is 1. The number of alkyl halides is 1. The number of anilines is 1. The van der Waals surface area contributed by atoms with Crippen molar-refractivity contribution >= 4 is 28.5 Å². The number of nitrogens with zero attached hydrogens (tertiary/aromatic N) is 3. The quantitative estimate of drug-likeness (QED) is 0.146. The zero-order valence-corrected chi connectivity index (χ0v) is 23.1. The summed E-state index contributed by atoms with van der Waals surface area (Å²) in [6, 6.07) is 42.2. The van der Waals surface area contributed by atoms with Gasteiger partial charge in [-0.05, 0) is 47.0 Å². The Morgan fingerprint density at radius 2 is 1.14 bits per heavy atom. The number of aromatic nitrogens is 2. The maximum Gasteiger partial charge on any atom is 0.267 e. The van der Waals surface area contributed by atoms with Crippen molar-refractivity contribution in [1.29, 1.82) is 0 Å². The lowest BCUT2D eigenvalue weighted by atomic mass is 9.77. The molecule has 6 nitrogen and oxygen atoms in total. The normalized spacial score (nSPS) is 13.0. The monoisotopic (exact) mass is 567 g/mol. The van der Waals surface area contributed by atoms with Crippen LogP contribution in [-0.4, -0.2) is 34.9 Å². The molecule has 0 unspecified atom stereocenters. The first-order valence-corrected chi connectivity index (χ1v) is 14.0. The molecular formula is C36H26FN3O3. The summed E-state index contributed by atoms with van der Waals surface area (Å²) in [4.78, 5) is 28.6. The van der Waals surface area contributed by atoms with Crippen molar-refractivity contribution < 1.29 is 18.7 Å². The summed E-state index contributed by atoms with van der Waals surface area (Å²) in [5, 5.41) is 5.68. The Morgan fingerprint density at radius 3 is 1.63 bits per heavy atom. The van der Waals surface area contributed by atoms with E-state index in [1.54, 1.807) is 36.4 Å². The van der Waals surface area contributed by atoms with Crippen molar-refractivity contribution in [1.82, 2.24) is 9.78 Å². The van der Waals surface area contributed by atoms with Gasteiger partial charge in [-0.1, -0.05) is 103 Å². The molecule has 7 rings (SSSR count). The Balaban J connectivity index is 1.58. The predicted molar refractivity (Wildman–Crippen MR) is 163 cm³/mol. The van der Waals surface area contributed by atoms with E-state index in [1.807, 2.05) is 102 Å². The van der Waals surface area contributed by atoms with Gasteiger partial charge in [0, 0.05) is 5.39 Å². The third-order valence-corrected chi connectivity index (χ3v) is 7.88. The number of amides is 2. The van der Waals surface area contributed by atoms with Gasteiger partial charge in [0.1, 0.15) is 24.6 Å². The lowest BCUT2D eigenvalue weighted by Gasteiger charge is -2.37. The molecule has 0 fully saturated rings. The van der Waals surface area contributed by atoms with Gasteiger partial charge in [-0.15, -0.1) is 0 Å². The van der Waals surface area contributed by atoms with Gasteiger partial charge < -0.3 is 4.74 Å². The fourth-order valence-corrected chi connectivity index (χ4v) is 6.03. The van der Waals surface area contributed by atoms with Gasteiger partial charge in [-0.2, -0.15) is 5.10 Å². The van der Waals surface area contributed by atoms with Crippen molar-refractivity contribution in [3.05, 3.63) is 161 Å². The zero-order valence-electron chi connectivity index (χ0n) is 23.1. The minimum Gasteiger partial charge on any atom is -0.491 e. The van der Waals surface area contributed by atoms with Crippen molar-refractivity contribution in [2.75, 3.05) is 18.2 Å². The number of carbonyl (C=O) groups is 2. The molecule has 1 aromatic heterocycles. The highest BCUT2D eigenvalue weighted by atomic mass is 19.1. The van der Waals surface area contributed by atoms with E-state index in [9.17, 15) is 14.0 Å². The minimum atomic E-state index is -1.000. The lowest BCUT2D eigenvalue weighted by Crippen LogP contribution is -2.39. The summed E-state index contributed by atoms with van der Waals surface area (Å²) >= 11 is 0. The van der Waals surface area contributed by atoms with Gasteiger partial charge in [0.15, 0.2) is 5.82 Å². The molecular weight excluding hydrogens is 541 g/mol. The van der Waals surface area contributed by atoms with Gasteiger partial charge >= 0.3 is 0 Å². The van der Waals surface area contributed by atoms with Crippen LogP contribution in [0.25, 0.3) is 10.9 Å². The molecule has 0 spiro atoms. The average molecular weight is 568 g/mol. The maximum absolute atomic E-state index is 13.8. The number of halogens is 1. The largest absolute Gasteiger partial charge is 0.491 e. The summed E-state index contributed by atoms with van der Waals surface area (Å²) in [5.41, 5.74) is 3.10. The van der Waals surface area contributed by atoms with Crippen LogP contribution in [0.4, 0.5) is 10.2 Å². The van der Waals surface area contributed by atoms with E-state index < -0.39 is 24.0 Å². The second kappa shape index (κ2) is 10.7. The second-order valence-electron chi connectivity index (χ2n) is 10.3. The molecule has 0 saturated heterocycles. The first-order chi connectivity index (χ1) is 21.1. The average Bonchev–Trinajstić information content (AvgIpc) is 3.55. The standard InChI is InChI=1S/C36H26FN3O3/c37-22-23-43-28-20-21-32-31(24-28)33(39-34(41)29-18-10-11-19-30(29)35(39)42)38-40(32)36(25-12-4-1-5-13-25,26-14-6-2-7-15-26)27-16-8-3-9-17-27/h1-21,24H,22-23H2. The predicted octanol–water partition coefficient (Wildman–Crippen LogP) is 7.03. The van der Waals surface area contributed by atoms with Crippen LogP contribution < -0.4 is 9.64 Å². The van der Waals surface area contributed by atoms with Crippen LogP contribution in [0.3, 0.4) is 0 Å². The summed E-state index contributed by atoms with van der Waals surface area (Å²) in [7, 11) is 0. The smallest absolute Gasteiger partial charge is 0.267 e. The summed E-state index contributed by atoms with van der Waals surface area (Å²) in [6.07, 6.45) is 0. The molecule has 7 heteroatoms. The molecule has 6 aromatic rings. The van der Waals surface area contributed by atoms with Crippen LogP contribution in [0.15, 0.2) is 133 Å². The van der Waals surface area contributed by atoms with Crippen molar-refractivity contribution in [2.45, 2.75) is 5.54 Å². The highest BCUT2D eigenvalue weighted by Gasteiger charge is 2.44. The molecule has 2 amide bonds. The SMILES string of the molecule is O=C1c2ccccc2C(=O)N1c1nn(C(c2ccccc2)(c2ccccc2)c2ccccc2)c2ccc(OCCF)cc12. The molecule has 1 aliphatic rings. The van der Waals surface area contributed by atoms with Crippen LogP contribution in [-0.2, 0) is 5.54 Å². The Labute approximate surface area is 247 Å². The van der Waals surface area contributed by atoms with E-state index in [4.69, 9.17) is 9.84 Å². The summed E-state index contributed by atoms with van der Waals surface area (Å²) in [5.74, 6) is -0.315. The maximum atomic E-state index is 13.8. The molecule has 0 N–H and O–H groups in total. The van der Waals surface area contributed by atoms with E-state index in [0.29, 0.717) is 27.8 Å². The van der Waals surface area contributed by atoms with Crippen LogP contribution in [0.5, 0.6) is 5.75 Å². The van der Waals surface area contributed by atoms with E-state index >= 15 is 0 Å². The number of imide groups is 1.